The number of aromatic nitrogens is 3. The number of hydrogen-bond acceptors (Lipinski definition) is 4. The lowest BCUT2D eigenvalue weighted by Gasteiger charge is -2.36. The average molecular weight is 328 g/mol. The molecule has 130 valence electrons. The number of pyridine rings is 1. The molecule has 5 nitrogen and oxygen atoms in total. The van der Waals surface area contributed by atoms with Gasteiger partial charge in [0.1, 0.15) is 0 Å². The van der Waals surface area contributed by atoms with Crippen LogP contribution in [0.5, 0.6) is 0 Å². The summed E-state index contributed by atoms with van der Waals surface area (Å²) >= 11 is 0. The van der Waals surface area contributed by atoms with Crippen LogP contribution >= 0.6 is 0 Å². The number of nitrogens with one attached hydrogen (secondary N) is 1. The van der Waals surface area contributed by atoms with Crippen molar-refractivity contribution in [3.05, 3.63) is 41.3 Å². The summed E-state index contributed by atoms with van der Waals surface area (Å²) in [7, 11) is 1.85. The van der Waals surface area contributed by atoms with Crippen LogP contribution in [0.1, 0.15) is 49.1 Å². The van der Waals surface area contributed by atoms with Gasteiger partial charge in [0, 0.05) is 37.7 Å². The molecule has 5 heteroatoms. The van der Waals surface area contributed by atoms with E-state index in [1.54, 1.807) is 6.20 Å². The first-order valence-electron chi connectivity index (χ1n) is 8.87. The second-order valence-electron chi connectivity index (χ2n) is 6.80. The molecule has 0 atom stereocenters. The Kier molecular flexibility index (Phi) is 5.31. The SMILES string of the molecule is COC1(CNCc2c(C)nn(-c3ccccn3)c2C)CCCCC1. The number of nitrogens with zero attached hydrogens (tertiary/aromatic N) is 3. The van der Waals surface area contributed by atoms with Crippen LogP contribution in [0.3, 0.4) is 0 Å². The second-order valence-corrected chi connectivity index (χ2v) is 6.80. The van der Waals surface area contributed by atoms with Crippen molar-refractivity contribution in [2.45, 2.75) is 58.1 Å². The number of methoxy groups -OCH3 is 1. The van der Waals surface area contributed by atoms with Gasteiger partial charge in [0.15, 0.2) is 5.82 Å². The smallest absolute Gasteiger partial charge is 0.153 e. The number of aryl methyl sites for hydroxylation is 1. The topological polar surface area (TPSA) is 52.0 Å². The Morgan fingerprint density at radius 3 is 2.67 bits per heavy atom. The summed E-state index contributed by atoms with van der Waals surface area (Å²) in [6.45, 7) is 5.89. The molecule has 2 aromatic heterocycles. The molecule has 1 saturated carbocycles. The predicted octanol–water partition coefficient (Wildman–Crippen LogP) is 3.32. The zero-order valence-electron chi connectivity index (χ0n) is 15.0. The van der Waals surface area contributed by atoms with Crippen molar-refractivity contribution in [1.82, 2.24) is 20.1 Å². The van der Waals surface area contributed by atoms with Crippen LogP contribution in [-0.2, 0) is 11.3 Å². The third-order valence-electron chi connectivity index (χ3n) is 5.25. The average Bonchev–Trinajstić information content (AvgIpc) is 2.91. The number of rotatable bonds is 6. The molecular formula is C19H28N4O. The molecule has 1 aliphatic rings. The lowest BCUT2D eigenvalue weighted by molar-refractivity contribution is -0.0377. The van der Waals surface area contributed by atoms with Crippen LogP contribution in [0.2, 0.25) is 0 Å². The molecule has 2 heterocycles. The van der Waals surface area contributed by atoms with Gasteiger partial charge in [-0.1, -0.05) is 25.3 Å². The standard InChI is InChI=1S/C19H28N4O/c1-15-17(13-20-14-19(24-3)10-6-4-7-11-19)16(2)23(22-15)18-9-5-8-12-21-18/h5,8-9,12,20H,4,6-7,10-11,13-14H2,1-3H3. The Balaban J connectivity index is 1.68. The van der Waals surface area contributed by atoms with E-state index in [0.29, 0.717) is 0 Å². The maximum atomic E-state index is 5.86. The zero-order chi connectivity index (χ0) is 17.0. The highest BCUT2D eigenvalue weighted by molar-refractivity contribution is 5.32. The van der Waals surface area contributed by atoms with Crippen molar-refractivity contribution >= 4 is 0 Å². The zero-order valence-corrected chi connectivity index (χ0v) is 15.0. The molecule has 0 aromatic carbocycles. The van der Waals surface area contributed by atoms with Gasteiger partial charge in [-0.15, -0.1) is 0 Å². The van der Waals surface area contributed by atoms with Crippen molar-refractivity contribution in [1.29, 1.82) is 0 Å². The Labute approximate surface area is 144 Å². The molecule has 24 heavy (non-hydrogen) atoms. The molecule has 0 spiro atoms. The first kappa shape index (κ1) is 17.1. The van der Waals surface area contributed by atoms with E-state index >= 15 is 0 Å². The summed E-state index contributed by atoms with van der Waals surface area (Å²) in [4.78, 5) is 4.40. The third kappa shape index (κ3) is 3.52. The Morgan fingerprint density at radius 2 is 2.00 bits per heavy atom. The van der Waals surface area contributed by atoms with Gasteiger partial charge in [-0.05, 0) is 38.8 Å². The quantitative estimate of drug-likeness (QED) is 0.884. The van der Waals surface area contributed by atoms with Crippen molar-refractivity contribution < 1.29 is 4.74 Å². The van der Waals surface area contributed by atoms with Crippen molar-refractivity contribution in [3.8, 4) is 5.82 Å². The summed E-state index contributed by atoms with van der Waals surface area (Å²) in [6.07, 6.45) is 7.98. The van der Waals surface area contributed by atoms with E-state index in [-0.39, 0.29) is 5.60 Å². The third-order valence-corrected chi connectivity index (χ3v) is 5.25. The predicted molar refractivity (Wildman–Crippen MR) is 95.4 cm³/mol. The molecule has 0 radical (unpaired) electrons. The van der Waals surface area contributed by atoms with Crippen LogP contribution in [0.4, 0.5) is 0 Å². The molecule has 0 unspecified atom stereocenters. The number of ether oxygens (including phenoxy) is 1. The Bertz CT molecular complexity index is 660. The summed E-state index contributed by atoms with van der Waals surface area (Å²) < 4.78 is 7.79. The van der Waals surface area contributed by atoms with E-state index in [2.05, 4.69) is 29.2 Å². The highest BCUT2D eigenvalue weighted by atomic mass is 16.5. The molecule has 0 bridgehead atoms. The van der Waals surface area contributed by atoms with E-state index in [1.807, 2.05) is 30.0 Å². The second kappa shape index (κ2) is 7.45. The summed E-state index contributed by atoms with van der Waals surface area (Å²) in [5, 5.41) is 8.28. The van der Waals surface area contributed by atoms with Gasteiger partial charge in [-0.25, -0.2) is 9.67 Å². The molecule has 0 amide bonds. The normalized spacial score (nSPS) is 17.1. The fourth-order valence-corrected chi connectivity index (χ4v) is 3.70. The number of hydrogen-bond donors (Lipinski definition) is 1. The van der Waals surface area contributed by atoms with Crippen molar-refractivity contribution in [2.24, 2.45) is 0 Å². The Morgan fingerprint density at radius 1 is 1.21 bits per heavy atom. The monoisotopic (exact) mass is 328 g/mol. The summed E-state index contributed by atoms with van der Waals surface area (Å²) in [5.41, 5.74) is 3.47. The fraction of sp³-hybridized carbons (Fsp3) is 0.579. The van der Waals surface area contributed by atoms with Crippen LogP contribution < -0.4 is 5.32 Å². The minimum atomic E-state index is 0.0110. The lowest BCUT2D eigenvalue weighted by Crippen LogP contribution is -2.43. The fourth-order valence-electron chi connectivity index (χ4n) is 3.70. The molecule has 1 N–H and O–H groups in total. The van der Waals surface area contributed by atoms with Gasteiger partial charge in [-0.3, -0.25) is 0 Å². The maximum Gasteiger partial charge on any atom is 0.153 e. The largest absolute Gasteiger partial charge is 0.377 e. The van der Waals surface area contributed by atoms with Gasteiger partial charge in [0.05, 0.1) is 11.3 Å². The van der Waals surface area contributed by atoms with E-state index in [0.717, 1.165) is 43.1 Å². The maximum absolute atomic E-state index is 5.86. The van der Waals surface area contributed by atoms with Crippen LogP contribution in [0, 0.1) is 13.8 Å². The van der Waals surface area contributed by atoms with Gasteiger partial charge in [0.2, 0.25) is 0 Å². The van der Waals surface area contributed by atoms with E-state index in [4.69, 9.17) is 4.74 Å². The molecule has 0 saturated heterocycles. The van der Waals surface area contributed by atoms with E-state index in [9.17, 15) is 0 Å². The highest BCUT2D eigenvalue weighted by Crippen LogP contribution is 2.30. The van der Waals surface area contributed by atoms with E-state index in [1.165, 1.54) is 24.8 Å². The van der Waals surface area contributed by atoms with Crippen LogP contribution in [-0.4, -0.2) is 34.0 Å². The summed E-state index contributed by atoms with van der Waals surface area (Å²) in [5.74, 6) is 0.866. The first-order chi connectivity index (χ1) is 11.7. The molecule has 1 fully saturated rings. The molecule has 1 aliphatic carbocycles. The van der Waals surface area contributed by atoms with Gasteiger partial charge >= 0.3 is 0 Å². The lowest BCUT2D eigenvalue weighted by atomic mass is 9.84. The van der Waals surface area contributed by atoms with Crippen LogP contribution in [0.25, 0.3) is 5.82 Å². The van der Waals surface area contributed by atoms with Gasteiger partial charge in [0.25, 0.3) is 0 Å². The molecular weight excluding hydrogens is 300 g/mol. The van der Waals surface area contributed by atoms with E-state index < -0.39 is 0 Å². The summed E-state index contributed by atoms with van der Waals surface area (Å²) in [6, 6.07) is 5.90. The minimum Gasteiger partial charge on any atom is -0.377 e. The molecule has 3 rings (SSSR count). The highest BCUT2D eigenvalue weighted by Gasteiger charge is 2.31. The van der Waals surface area contributed by atoms with Crippen molar-refractivity contribution in [2.75, 3.05) is 13.7 Å². The molecule has 2 aromatic rings. The van der Waals surface area contributed by atoms with Gasteiger partial charge in [-0.2, -0.15) is 5.10 Å². The molecule has 0 aliphatic heterocycles. The van der Waals surface area contributed by atoms with Crippen molar-refractivity contribution in [3.63, 3.8) is 0 Å². The van der Waals surface area contributed by atoms with Gasteiger partial charge < -0.3 is 10.1 Å². The Hall–Kier alpha value is -1.72. The van der Waals surface area contributed by atoms with Crippen LogP contribution in [0.15, 0.2) is 24.4 Å². The first-order valence-corrected chi connectivity index (χ1v) is 8.87. The minimum absolute atomic E-state index is 0.0110.